The first-order chi connectivity index (χ1) is 17.6. The Bertz CT molecular complexity index is 843. The maximum atomic E-state index is 6.12. The van der Waals surface area contributed by atoms with Crippen LogP contribution in [0.3, 0.4) is 0 Å². The van der Waals surface area contributed by atoms with Gasteiger partial charge in [0.25, 0.3) is 0 Å². The first kappa shape index (κ1) is 26.3. The van der Waals surface area contributed by atoms with Gasteiger partial charge in [0.15, 0.2) is 0 Å². The summed E-state index contributed by atoms with van der Waals surface area (Å²) in [6.07, 6.45) is 24.4. The molecule has 1 aromatic rings. The quantitative estimate of drug-likeness (QED) is 0.307. The molecule has 2 saturated heterocycles. The molecule has 0 radical (unpaired) electrons. The first-order valence-electron chi connectivity index (χ1n) is 15.7. The molecule has 1 nitrogen and oxygen atoms in total. The van der Waals surface area contributed by atoms with Crippen LogP contribution in [-0.2, 0) is 10.9 Å². The predicted octanol–water partition coefficient (Wildman–Crippen LogP) is 9.43. The summed E-state index contributed by atoms with van der Waals surface area (Å²) in [6, 6.07) is 9.50. The molecule has 7 unspecified atom stereocenters. The second-order valence-corrected chi connectivity index (χ2v) is 19.0. The molecule has 5 fully saturated rings. The van der Waals surface area contributed by atoms with Crippen LogP contribution in [-0.4, -0.2) is 43.0 Å². The second-order valence-electron chi connectivity index (χ2n) is 14.0. The van der Waals surface area contributed by atoms with Crippen LogP contribution in [0.15, 0.2) is 24.3 Å². The fraction of sp³-hybridized carbons (Fsp3) is 0.818. The van der Waals surface area contributed by atoms with E-state index in [0.29, 0.717) is 5.41 Å². The number of rotatable bonds is 8. The van der Waals surface area contributed by atoms with E-state index >= 15 is 0 Å². The molecule has 0 bridgehead atoms. The van der Waals surface area contributed by atoms with Crippen molar-refractivity contribution in [1.29, 1.82) is 0 Å². The van der Waals surface area contributed by atoms with E-state index in [-0.39, 0.29) is 15.8 Å². The predicted molar refractivity (Wildman–Crippen MR) is 159 cm³/mol. The molecular weight excluding hydrogens is 474 g/mol. The van der Waals surface area contributed by atoms with Crippen molar-refractivity contribution in [2.45, 2.75) is 108 Å². The van der Waals surface area contributed by atoms with E-state index in [1.54, 1.807) is 37.4 Å². The highest BCUT2D eigenvalue weighted by Crippen LogP contribution is 2.70. The molecular formula is C33H52OP2. The average Bonchev–Trinajstić information content (AvgIpc) is 3.16. The van der Waals surface area contributed by atoms with Gasteiger partial charge in [0.1, 0.15) is 0 Å². The SMILES string of the molecule is Cc1cccc(CP(CC2CCCC(C)C2)CC2(CP3C4CCCCC4C4CCCCC43)COC2)c1. The van der Waals surface area contributed by atoms with Gasteiger partial charge in [0.05, 0.1) is 13.2 Å². The number of hydrogen-bond acceptors (Lipinski definition) is 1. The molecule has 0 N–H and O–H groups in total. The number of aryl methyl sites for hydroxylation is 1. The molecule has 5 aliphatic rings. The Morgan fingerprint density at radius 1 is 0.917 bits per heavy atom. The van der Waals surface area contributed by atoms with E-state index in [9.17, 15) is 0 Å². The van der Waals surface area contributed by atoms with Crippen LogP contribution < -0.4 is 0 Å². The lowest BCUT2D eigenvalue weighted by atomic mass is 9.73. The van der Waals surface area contributed by atoms with Gasteiger partial charge in [-0.05, 0) is 104 Å². The Kier molecular flexibility index (Phi) is 8.50. The highest BCUT2D eigenvalue weighted by atomic mass is 31.1. The lowest BCUT2D eigenvalue weighted by Crippen LogP contribution is -2.48. The van der Waals surface area contributed by atoms with E-state index in [2.05, 4.69) is 38.1 Å². The van der Waals surface area contributed by atoms with Crippen molar-refractivity contribution in [2.75, 3.05) is 31.7 Å². The van der Waals surface area contributed by atoms with Gasteiger partial charge in [0.2, 0.25) is 0 Å². The van der Waals surface area contributed by atoms with Gasteiger partial charge < -0.3 is 4.74 Å². The minimum atomic E-state index is 0.0379. The Morgan fingerprint density at radius 2 is 1.64 bits per heavy atom. The maximum absolute atomic E-state index is 6.12. The molecule has 0 spiro atoms. The summed E-state index contributed by atoms with van der Waals surface area (Å²) >= 11 is 0. The van der Waals surface area contributed by atoms with Crippen LogP contribution in [0.2, 0.25) is 0 Å². The molecule has 0 amide bonds. The number of fused-ring (bicyclic) bond motifs is 3. The zero-order valence-corrected chi connectivity index (χ0v) is 25.1. The van der Waals surface area contributed by atoms with Crippen LogP contribution in [0, 0.1) is 36.0 Å². The Balaban J connectivity index is 1.20. The molecule has 2 aliphatic heterocycles. The maximum Gasteiger partial charge on any atom is 0.0551 e. The van der Waals surface area contributed by atoms with E-state index < -0.39 is 0 Å². The van der Waals surface area contributed by atoms with Crippen molar-refractivity contribution in [1.82, 2.24) is 0 Å². The number of ether oxygens (including phenoxy) is 1. The van der Waals surface area contributed by atoms with Crippen LogP contribution in [0.25, 0.3) is 0 Å². The lowest BCUT2D eigenvalue weighted by Gasteiger charge is -2.48. The van der Waals surface area contributed by atoms with E-state index in [1.807, 2.05) is 0 Å². The minimum absolute atomic E-state index is 0.0379. The Morgan fingerprint density at radius 3 is 2.28 bits per heavy atom. The van der Waals surface area contributed by atoms with Crippen molar-refractivity contribution in [3.05, 3.63) is 35.4 Å². The van der Waals surface area contributed by atoms with Crippen molar-refractivity contribution in [3.63, 3.8) is 0 Å². The summed E-state index contributed by atoms with van der Waals surface area (Å²) in [6.45, 7) is 6.97. The van der Waals surface area contributed by atoms with Crippen molar-refractivity contribution in [3.8, 4) is 0 Å². The fourth-order valence-corrected chi connectivity index (χ4v) is 17.8. The summed E-state index contributed by atoms with van der Waals surface area (Å²) in [5.41, 5.74) is 5.85. The zero-order valence-electron chi connectivity index (χ0n) is 23.3. The molecule has 7 atom stereocenters. The van der Waals surface area contributed by atoms with Crippen LogP contribution >= 0.6 is 15.8 Å². The summed E-state index contributed by atoms with van der Waals surface area (Å²) < 4.78 is 6.12. The molecule has 2 heterocycles. The minimum Gasteiger partial charge on any atom is -0.380 e. The monoisotopic (exact) mass is 526 g/mol. The normalized spacial score (nSPS) is 38.6. The summed E-state index contributed by atoms with van der Waals surface area (Å²) in [5, 5.41) is 0. The lowest BCUT2D eigenvalue weighted by molar-refractivity contribution is -0.0844. The van der Waals surface area contributed by atoms with Gasteiger partial charge in [-0.15, -0.1) is 7.92 Å². The highest BCUT2D eigenvalue weighted by Gasteiger charge is 2.54. The zero-order chi connectivity index (χ0) is 24.5. The van der Waals surface area contributed by atoms with Gasteiger partial charge in [0, 0.05) is 5.41 Å². The van der Waals surface area contributed by atoms with E-state index in [4.69, 9.17) is 4.74 Å². The fourth-order valence-electron chi connectivity index (χ4n) is 9.41. The second kappa shape index (κ2) is 11.6. The third-order valence-corrected chi connectivity index (χ3v) is 17.9. The molecule has 3 saturated carbocycles. The van der Waals surface area contributed by atoms with Crippen molar-refractivity contribution in [2.24, 2.45) is 29.1 Å². The highest BCUT2D eigenvalue weighted by molar-refractivity contribution is 7.60. The van der Waals surface area contributed by atoms with Crippen LogP contribution in [0.1, 0.15) is 95.1 Å². The van der Waals surface area contributed by atoms with Gasteiger partial charge in [-0.25, -0.2) is 0 Å². The molecule has 3 aliphatic carbocycles. The Labute approximate surface area is 224 Å². The van der Waals surface area contributed by atoms with Crippen LogP contribution in [0.5, 0.6) is 0 Å². The molecule has 200 valence electrons. The molecule has 1 aromatic carbocycles. The third-order valence-electron chi connectivity index (χ3n) is 10.9. The summed E-state index contributed by atoms with van der Waals surface area (Å²) in [7, 11) is 0.244. The topological polar surface area (TPSA) is 9.23 Å². The standard InChI is InChI=1S/C33H52OP2/c1-25-9-7-11-27(17-25)19-35(20-28-12-8-10-26(2)18-28)23-33(21-34-22-33)24-36-31-15-5-3-13-29(31)30-14-4-6-16-32(30)36/h7,9,11,17,26,28-32H,3-6,8,10,12-16,18-24H2,1-2H3. The first-order valence-corrected chi connectivity index (χ1v) is 19.3. The summed E-state index contributed by atoms with van der Waals surface area (Å²) in [5.74, 6) is 4.18. The van der Waals surface area contributed by atoms with Gasteiger partial charge in [-0.2, -0.15) is 0 Å². The van der Waals surface area contributed by atoms with Crippen molar-refractivity contribution < 1.29 is 4.74 Å². The summed E-state index contributed by atoms with van der Waals surface area (Å²) in [4.78, 5) is 0. The average molecular weight is 527 g/mol. The molecule has 6 rings (SSSR count). The van der Waals surface area contributed by atoms with E-state index in [0.717, 1.165) is 48.2 Å². The third kappa shape index (κ3) is 5.80. The van der Waals surface area contributed by atoms with Crippen molar-refractivity contribution >= 4 is 15.8 Å². The Hall–Kier alpha value is 0.0400. The largest absolute Gasteiger partial charge is 0.380 e. The van der Waals surface area contributed by atoms with Crippen LogP contribution in [0.4, 0.5) is 0 Å². The molecule has 3 heteroatoms. The van der Waals surface area contributed by atoms with E-state index in [1.165, 1.54) is 75.4 Å². The molecule has 36 heavy (non-hydrogen) atoms. The van der Waals surface area contributed by atoms with Gasteiger partial charge >= 0.3 is 0 Å². The number of hydrogen-bond donors (Lipinski definition) is 0. The van der Waals surface area contributed by atoms with Gasteiger partial charge in [-0.3, -0.25) is 0 Å². The van der Waals surface area contributed by atoms with Gasteiger partial charge in [-0.1, -0.05) is 89.6 Å². The number of benzene rings is 1. The smallest absolute Gasteiger partial charge is 0.0551 e. The molecule has 0 aromatic heterocycles.